The van der Waals surface area contributed by atoms with Crippen LogP contribution in [0.15, 0.2) is 17.2 Å². The maximum Gasteiger partial charge on any atom is 0.162 e. The minimum atomic E-state index is 0.372. The van der Waals surface area contributed by atoms with Gasteiger partial charge in [0.25, 0.3) is 0 Å². The summed E-state index contributed by atoms with van der Waals surface area (Å²) in [5.41, 5.74) is 1.26. The number of halogens is 1. The standard InChI is InChI=1S/C11H11ClN2O2S/c1-15-6-4-5-7(16-2)9-8(6)13-10(12)11(14-9)17-3/h4-5H,1-3H3. The summed E-state index contributed by atoms with van der Waals surface area (Å²) in [6, 6.07) is 3.58. The van der Waals surface area contributed by atoms with Crippen molar-refractivity contribution in [2.45, 2.75) is 5.03 Å². The molecule has 0 bridgehead atoms. The molecule has 6 heteroatoms. The van der Waals surface area contributed by atoms with Crippen LogP contribution in [0.2, 0.25) is 5.15 Å². The van der Waals surface area contributed by atoms with Crippen LogP contribution in [0, 0.1) is 0 Å². The Morgan fingerprint density at radius 3 is 2.06 bits per heavy atom. The van der Waals surface area contributed by atoms with Gasteiger partial charge in [-0.15, -0.1) is 11.8 Å². The van der Waals surface area contributed by atoms with E-state index in [4.69, 9.17) is 21.1 Å². The van der Waals surface area contributed by atoms with Crippen molar-refractivity contribution >= 4 is 34.4 Å². The Balaban J connectivity index is 2.81. The molecule has 0 N–H and O–H groups in total. The molecule has 0 saturated carbocycles. The quantitative estimate of drug-likeness (QED) is 0.802. The second-order valence-electron chi connectivity index (χ2n) is 3.19. The molecule has 1 aromatic heterocycles. The summed E-state index contributed by atoms with van der Waals surface area (Å²) in [4.78, 5) is 8.74. The molecule has 2 rings (SSSR count). The van der Waals surface area contributed by atoms with Crippen LogP contribution >= 0.6 is 23.4 Å². The summed E-state index contributed by atoms with van der Waals surface area (Å²) in [6.45, 7) is 0. The molecule has 0 atom stereocenters. The van der Waals surface area contributed by atoms with Crippen LogP contribution in [-0.2, 0) is 0 Å². The second kappa shape index (κ2) is 4.98. The normalized spacial score (nSPS) is 10.6. The van der Waals surface area contributed by atoms with Crippen molar-refractivity contribution in [3.63, 3.8) is 0 Å². The molecule has 0 radical (unpaired) electrons. The summed E-state index contributed by atoms with van der Waals surface area (Å²) in [7, 11) is 3.18. The molecule has 0 fully saturated rings. The molecule has 2 aromatic rings. The van der Waals surface area contributed by atoms with Gasteiger partial charge in [0, 0.05) is 0 Å². The Bertz CT molecular complexity index is 563. The average molecular weight is 271 g/mol. The smallest absolute Gasteiger partial charge is 0.162 e. The molecule has 0 aliphatic heterocycles. The molecule has 4 nitrogen and oxygen atoms in total. The lowest BCUT2D eigenvalue weighted by Crippen LogP contribution is -1.96. The van der Waals surface area contributed by atoms with Crippen molar-refractivity contribution in [3.8, 4) is 11.5 Å². The minimum Gasteiger partial charge on any atom is -0.494 e. The van der Waals surface area contributed by atoms with E-state index in [9.17, 15) is 0 Å². The van der Waals surface area contributed by atoms with E-state index in [1.54, 1.807) is 26.4 Å². The Hall–Kier alpha value is -1.20. The molecule has 0 saturated heterocycles. The van der Waals surface area contributed by atoms with Crippen molar-refractivity contribution in [1.29, 1.82) is 0 Å². The zero-order chi connectivity index (χ0) is 12.4. The number of ether oxygens (including phenoxy) is 2. The molecule has 0 aliphatic carbocycles. The molecule has 1 heterocycles. The summed E-state index contributed by atoms with van der Waals surface area (Å²) < 4.78 is 10.5. The summed E-state index contributed by atoms with van der Waals surface area (Å²) in [5.74, 6) is 1.28. The van der Waals surface area contributed by atoms with Crippen LogP contribution in [0.1, 0.15) is 0 Å². The third kappa shape index (κ3) is 2.12. The zero-order valence-electron chi connectivity index (χ0n) is 9.65. The first-order chi connectivity index (χ1) is 8.21. The van der Waals surface area contributed by atoms with Gasteiger partial charge in [-0.25, -0.2) is 9.97 Å². The van der Waals surface area contributed by atoms with Gasteiger partial charge < -0.3 is 9.47 Å². The van der Waals surface area contributed by atoms with Gasteiger partial charge in [-0.3, -0.25) is 0 Å². The van der Waals surface area contributed by atoms with Crippen molar-refractivity contribution in [3.05, 3.63) is 17.3 Å². The molecule has 0 amide bonds. The highest BCUT2D eigenvalue weighted by Gasteiger charge is 2.13. The first-order valence-electron chi connectivity index (χ1n) is 4.83. The van der Waals surface area contributed by atoms with Crippen LogP contribution in [0.5, 0.6) is 11.5 Å². The van der Waals surface area contributed by atoms with E-state index < -0.39 is 0 Å². The molecule has 0 spiro atoms. The monoisotopic (exact) mass is 270 g/mol. The zero-order valence-corrected chi connectivity index (χ0v) is 11.2. The predicted molar refractivity (Wildman–Crippen MR) is 69.4 cm³/mol. The lowest BCUT2D eigenvalue weighted by atomic mass is 10.2. The summed E-state index contributed by atoms with van der Waals surface area (Å²) >= 11 is 7.48. The number of methoxy groups -OCH3 is 2. The van der Waals surface area contributed by atoms with Crippen LogP contribution in [-0.4, -0.2) is 30.4 Å². The van der Waals surface area contributed by atoms with Crippen LogP contribution in [0.25, 0.3) is 11.0 Å². The number of rotatable bonds is 3. The number of nitrogens with zero attached hydrogens (tertiary/aromatic N) is 2. The SMILES string of the molecule is COc1ccc(OC)c2nc(SC)c(Cl)nc12. The Labute approximate surface area is 108 Å². The van der Waals surface area contributed by atoms with Gasteiger partial charge in [0.15, 0.2) is 5.15 Å². The number of aromatic nitrogens is 2. The summed E-state index contributed by atoms with van der Waals surface area (Å²) in [5, 5.41) is 1.04. The Morgan fingerprint density at radius 2 is 1.59 bits per heavy atom. The number of benzene rings is 1. The van der Waals surface area contributed by atoms with E-state index >= 15 is 0 Å². The molecule has 90 valence electrons. The second-order valence-corrected chi connectivity index (χ2v) is 4.34. The van der Waals surface area contributed by atoms with Gasteiger partial charge in [-0.2, -0.15) is 0 Å². The third-order valence-electron chi connectivity index (χ3n) is 2.31. The molecular weight excluding hydrogens is 260 g/mol. The van der Waals surface area contributed by atoms with Crippen LogP contribution < -0.4 is 9.47 Å². The number of hydrogen-bond donors (Lipinski definition) is 0. The fraction of sp³-hybridized carbons (Fsp3) is 0.273. The topological polar surface area (TPSA) is 44.2 Å². The largest absolute Gasteiger partial charge is 0.494 e. The van der Waals surface area contributed by atoms with E-state index in [0.717, 1.165) is 0 Å². The number of hydrogen-bond acceptors (Lipinski definition) is 5. The van der Waals surface area contributed by atoms with E-state index in [1.807, 2.05) is 6.26 Å². The van der Waals surface area contributed by atoms with Gasteiger partial charge in [0.2, 0.25) is 0 Å². The maximum absolute atomic E-state index is 6.04. The Kier molecular flexibility index (Phi) is 3.59. The van der Waals surface area contributed by atoms with Crippen molar-refractivity contribution in [2.24, 2.45) is 0 Å². The van der Waals surface area contributed by atoms with E-state index in [1.165, 1.54) is 11.8 Å². The average Bonchev–Trinajstić information content (AvgIpc) is 2.36. The first kappa shape index (κ1) is 12.3. The number of fused-ring (bicyclic) bond motifs is 1. The first-order valence-corrected chi connectivity index (χ1v) is 6.43. The van der Waals surface area contributed by atoms with Gasteiger partial charge in [0.05, 0.1) is 14.2 Å². The highest BCUT2D eigenvalue weighted by Crippen LogP contribution is 2.33. The molecule has 1 aromatic carbocycles. The highest BCUT2D eigenvalue weighted by molar-refractivity contribution is 7.98. The van der Waals surface area contributed by atoms with Gasteiger partial charge in [0.1, 0.15) is 27.6 Å². The summed E-state index contributed by atoms with van der Waals surface area (Å²) in [6.07, 6.45) is 1.90. The molecular formula is C11H11ClN2O2S. The highest BCUT2D eigenvalue weighted by atomic mass is 35.5. The van der Waals surface area contributed by atoms with Crippen LogP contribution in [0.3, 0.4) is 0 Å². The predicted octanol–water partition coefficient (Wildman–Crippen LogP) is 3.02. The van der Waals surface area contributed by atoms with Gasteiger partial charge in [-0.1, -0.05) is 11.6 Å². The van der Waals surface area contributed by atoms with Crippen molar-refractivity contribution < 1.29 is 9.47 Å². The van der Waals surface area contributed by atoms with Crippen LogP contribution in [0.4, 0.5) is 0 Å². The lowest BCUT2D eigenvalue weighted by Gasteiger charge is -2.09. The maximum atomic E-state index is 6.04. The molecule has 17 heavy (non-hydrogen) atoms. The minimum absolute atomic E-state index is 0.372. The Morgan fingerprint density at radius 1 is 1.06 bits per heavy atom. The van der Waals surface area contributed by atoms with Gasteiger partial charge >= 0.3 is 0 Å². The van der Waals surface area contributed by atoms with Gasteiger partial charge in [-0.05, 0) is 18.4 Å². The molecule has 0 aliphatic rings. The lowest BCUT2D eigenvalue weighted by molar-refractivity contribution is 0.408. The van der Waals surface area contributed by atoms with Crippen molar-refractivity contribution in [1.82, 2.24) is 9.97 Å². The molecule has 0 unspecified atom stereocenters. The third-order valence-corrected chi connectivity index (χ3v) is 3.36. The number of thioether (sulfide) groups is 1. The van der Waals surface area contributed by atoms with E-state index in [-0.39, 0.29) is 0 Å². The van der Waals surface area contributed by atoms with E-state index in [0.29, 0.717) is 32.7 Å². The van der Waals surface area contributed by atoms with E-state index in [2.05, 4.69) is 9.97 Å². The van der Waals surface area contributed by atoms with Crippen molar-refractivity contribution in [2.75, 3.05) is 20.5 Å². The fourth-order valence-electron chi connectivity index (χ4n) is 1.51. The fourth-order valence-corrected chi connectivity index (χ4v) is 2.27.